The largest absolute Gasteiger partial charge is 0.291 e. The van der Waals surface area contributed by atoms with Gasteiger partial charge in [0.05, 0.1) is 17.7 Å². The van der Waals surface area contributed by atoms with Crippen LogP contribution in [0.5, 0.6) is 0 Å². The lowest BCUT2D eigenvalue weighted by Gasteiger charge is -2.01. The van der Waals surface area contributed by atoms with E-state index in [0.29, 0.717) is 11.7 Å². The number of rotatable bonds is 2. The van der Waals surface area contributed by atoms with Crippen LogP contribution < -0.4 is 0 Å². The maximum absolute atomic E-state index is 8.85. The SMILES string of the molecule is CC(C)c1cn2cc(C(C)C#N)cnc2n1. The first-order valence-corrected chi connectivity index (χ1v) is 5.36. The van der Waals surface area contributed by atoms with Crippen molar-refractivity contribution < 1.29 is 0 Å². The number of nitriles is 1. The topological polar surface area (TPSA) is 54.0 Å². The normalized spacial score (nSPS) is 12.9. The molecule has 0 aliphatic rings. The van der Waals surface area contributed by atoms with Crippen molar-refractivity contribution in [2.75, 3.05) is 0 Å². The minimum atomic E-state index is -0.137. The van der Waals surface area contributed by atoms with Crippen LogP contribution in [0, 0.1) is 11.3 Å². The third-order valence-electron chi connectivity index (χ3n) is 2.63. The van der Waals surface area contributed by atoms with Gasteiger partial charge >= 0.3 is 0 Å². The fourth-order valence-electron chi connectivity index (χ4n) is 1.50. The number of nitrogens with zero attached hydrogens (tertiary/aromatic N) is 4. The van der Waals surface area contributed by atoms with Gasteiger partial charge in [0.15, 0.2) is 0 Å². The molecule has 0 N–H and O–H groups in total. The molecule has 1 unspecified atom stereocenters. The fraction of sp³-hybridized carbons (Fsp3) is 0.417. The Morgan fingerprint density at radius 3 is 2.69 bits per heavy atom. The quantitative estimate of drug-likeness (QED) is 0.771. The van der Waals surface area contributed by atoms with Crippen LogP contribution >= 0.6 is 0 Å². The monoisotopic (exact) mass is 214 g/mol. The Bertz CT molecular complexity index is 548. The molecule has 16 heavy (non-hydrogen) atoms. The maximum Gasteiger partial charge on any atom is 0.233 e. The molecule has 0 aromatic carbocycles. The van der Waals surface area contributed by atoms with Crippen molar-refractivity contribution >= 4 is 5.78 Å². The molecule has 0 radical (unpaired) electrons. The van der Waals surface area contributed by atoms with Gasteiger partial charge in [-0.3, -0.25) is 4.40 Å². The first kappa shape index (κ1) is 10.6. The van der Waals surface area contributed by atoms with Gasteiger partial charge in [-0.05, 0) is 12.8 Å². The van der Waals surface area contributed by atoms with Crippen molar-refractivity contribution in [3.8, 4) is 6.07 Å². The van der Waals surface area contributed by atoms with Crippen LogP contribution in [0.15, 0.2) is 18.6 Å². The molecule has 0 saturated carbocycles. The summed E-state index contributed by atoms with van der Waals surface area (Å²) in [5, 5.41) is 8.85. The summed E-state index contributed by atoms with van der Waals surface area (Å²) < 4.78 is 1.89. The molecule has 4 nitrogen and oxygen atoms in total. The predicted octanol–water partition coefficient (Wildman–Crippen LogP) is 2.48. The second-order valence-corrected chi connectivity index (χ2v) is 4.27. The van der Waals surface area contributed by atoms with E-state index in [-0.39, 0.29) is 5.92 Å². The van der Waals surface area contributed by atoms with Crippen molar-refractivity contribution in [1.82, 2.24) is 14.4 Å². The summed E-state index contributed by atoms with van der Waals surface area (Å²) in [6.45, 7) is 6.06. The average Bonchev–Trinajstić information content (AvgIpc) is 2.70. The predicted molar refractivity (Wildman–Crippen MR) is 61.1 cm³/mol. The summed E-state index contributed by atoms with van der Waals surface area (Å²) in [5.74, 6) is 0.943. The summed E-state index contributed by atoms with van der Waals surface area (Å²) in [5.41, 5.74) is 1.94. The highest BCUT2D eigenvalue weighted by Gasteiger charge is 2.09. The molecule has 0 spiro atoms. The van der Waals surface area contributed by atoms with Crippen molar-refractivity contribution in [3.05, 3.63) is 29.8 Å². The molecule has 0 bridgehead atoms. The Hall–Kier alpha value is -1.89. The van der Waals surface area contributed by atoms with Gasteiger partial charge in [-0.25, -0.2) is 9.97 Å². The Labute approximate surface area is 94.6 Å². The van der Waals surface area contributed by atoms with Crippen LogP contribution in [0.4, 0.5) is 0 Å². The Kier molecular flexibility index (Phi) is 2.61. The second-order valence-electron chi connectivity index (χ2n) is 4.27. The van der Waals surface area contributed by atoms with Gasteiger partial charge < -0.3 is 0 Å². The van der Waals surface area contributed by atoms with E-state index in [4.69, 9.17) is 5.26 Å². The zero-order valence-corrected chi connectivity index (χ0v) is 9.68. The standard InChI is InChI=1S/C12H14N4/c1-8(2)11-7-16-6-10(9(3)4-13)5-14-12(16)15-11/h5-9H,1-3H3. The molecule has 82 valence electrons. The zero-order valence-electron chi connectivity index (χ0n) is 9.68. The highest BCUT2D eigenvalue weighted by Crippen LogP contribution is 2.16. The van der Waals surface area contributed by atoms with Crippen molar-refractivity contribution in [3.63, 3.8) is 0 Å². The third kappa shape index (κ3) is 1.76. The van der Waals surface area contributed by atoms with E-state index in [9.17, 15) is 0 Å². The van der Waals surface area contributed by atoms with Gasteiger partial charge in [0.2, 0.25) is 5.78 Å². The lowest BCUT2D eigenvalue weighted by atomic mass is 10.1. The number of aromatic nitrogens is 3. The molecule has 2 rings (SSSR count). The van der Waals surface area contributed by atoms with Gasteiger partial charge in [0.1, 0.15) is 0 Å². The van der Waals surface area contributed by atoms with Crippen LogP contribution in [0.25, 0.3) is 5.78 Å². The van der Waals surface area contributed by atoms with Crippen LogP contribution in [-0.2, 0) is 0 Å². The minimum absolute atomic E-state index is 0.137. The first-order chi connectivity index (χ1) is 7.61. The van der Waals surface area contributed by atoms with Gasteiger partial charge in [0.25, 0.3) is 0 Å². The highest BCUT2D eigenvalue weighted by molar-refractivity contribution is 5.34. The summed E-state index contributed by atoms with van der Waals surface area (Å²) in [6, 6.07) is 2.20. The van der Waals surface area contributed by atoms with Gasteiger partial charge in [-0.2, -0.15) is 5.26 Å². The first-order valence-electron chi connectivity index (χ1n) is 5.36. The molecule has 0 aliphatic carbocycles. The molecule has 0 fully saturated rings. The van der Waals surface area contributed by atoms with Crippen molar-refractivity contribution in [1.29, 1.82) is 5.26 Å². The van der Waals surface area contributed by atoms with Crippen LogP contribution in [-0.4, -0.2) is 14.4 Å². The molecular weight excluding hydrogens is 200 g/mol. The Morgan fingerprint density at radius 1 is 1.31 bits per heavy atom. The number of hydrogen-bond acceptors (Lipinski definition) is 3. The number of fused-ring (bicyclic) bond motifs is 1. The minimum Gasteiger partial charge on any atom is -0.291 e. The van der Waals surface area contributed by atoms with Crippen LogP contribution in [0.2, 0.25) is 0 Å². The van der Waals surface area contributed by atoms with Crippen LogP contribution in [0.3, 0.4) is 0 Å². The zero-order chi connectivity index (χ0) is 11.7. The summed E-state index contributed by atoms with van der Waals surface area (Å²) in [6.07, 6.45) is 5.62. The van der Waals surface area contributed by atoms with E-state index >= 15 is 0 Å². The van der Waals surface area contributed by atoms with Gasteiger partial charge in [-0.1, -0.05) is 13.8 Å². The summed E-state index contributed by atoms with van der Waals surface area (Å²) >= 11 is 0. The molecule has 2 aromatic heterocycles. The van der Waals surface area contributed by atoms with E-state index in [1.807, 2.05) is 23.7 Å². The van der Waals surface area contributed by atoms with Gasteiger partial charge in [-0.15, -0.1) is 0 Å². The van der Waals surface area contributed by atoms with E-state index in [0.717, 1.165) is 11.3 Å². The maximum atomic E-state index is 8.85. The molecule has 0 saturated heterocycles. The third-order valence-corrected chi connectivity index (χ3v) is 2.63. The van der Waals surface area contributed by atoms with Crippen molar-refractivity contribution in [2.45, 2.75) is 32.6 Å². The summed E-state index contributed by atoms with van der Waals surface area (Å²) in [7, 11) is 0. The second kappa shape index (κ2) is 3.93. The lowest BCUT2D eigenvalue weighted by Crippen LogP contribution is -1.95. The molecule has 4 heteroatoms. The van der Waals surface area contributed by atoms with E-state index in [1.165, 1.54) is 0 Å². The van der Waals surface area contributed by atoms with Crippen molar-refractivity contribution in [2.24, 2.45) is 0 Å². The molecule has 0 amide bonds. The fourth-order valence-corrected chi connectivity index (χ4v) is 1.50. The average molecular weight is 214 g/mol. The number of imidazole rings is 1. The molecule has 2 aromatic rings. The molecule has 2 heterocycles. The lowest BCUT2D eigenvalue weighted by molar-refractivity contribution is 0.833. The van der Waals surface area contributed by atoms with Gasteiger partial charge in [0, 0.05) is 24.2 Å². The van der Waals surface area contributed by atoms with E-state index in [2.05, 4.69) is 29.9 Å². The smallest absolute Gasteiger partial charge is 0.233 e. The summed E-state index contributed by atoms with van der Waals surface area (Å²) in [4.78, 5) is 8.66. The Morgan fingerprint density at radius 2 is 2.06 bits per heavy atom. The van der Waals surface area contributed by atoms with E-state index in [1.54, 1.807) is 6.20 Å². The molecule has 1 atom stereocenters. The molecule has 0 aliphatic heterocycles. The van der Waals surface area contributed by atoms with Crippen LogP contribution in [0.1, 0.15) is 43.9 Å². The number of hydrogen-bond donors (Lipinski definition) is 0. The van der Waals surface area contributed by atoms with E-state index < -0.39 is 0 Å². The Balaban J connectivity index is 2.50. The highest BCUT2D eigenvalue weighted by atomic mass is 15.1. The molecular formula is C12H14N4.